The maximum atomic E-state index is 12.7. The lowest BCUT2D eigenvalue weighted by Gasteiger charge is -2.30. The van der Waals surface area contributed by atoms with Gasteiger partial charge in [0.05, 0.1) is 11.1 Å². The van der Waals surface area contributed by atoms with Gasteiger partial charge < -0.3 is 10.2 Å². The number of anilines is 1. The van der Waals surface area contributed by atoms with Crippen LogP contribution in [0.2, 0.25) is 0 Å². The molecule has 0 saturated carbocycles. The van der Waals surface area contributed by atoms with E-state index < -0.39 is 0 Å². The third-order valence-electron chi connectivity index (χ3n) is 4.96. The maximum Gasteiger partial charge on any atom is 0.257 e. The molecule has 1 fully saturated rings. The van der Waals surface area contributed by atoms with Crippen LogP contribution < -0.4 is 5.32 Å². The molecule has 0 unspecified atom stereocenters. The van der Waals surface area contributed by atoms with E-state index in [1.807, 2.05) is 36.1 Å². The largest absolute Gasteiger partial charge is 0.339 e. The van der Waals surface area contributed by atoms with E-state index in [1.165, 1.54) is 12.4 Å². The number of carbonyl (C=O) groups excluding carboxylic acids is 2. The number of para-hydroxylation sites is 1. The number of pyridine rings is 1. The summed E-state index contributed by atoms with van der Waals surface area (Å²) in [6, 6.07) is 9.36. The molecule has 1 aliphatic heterocycles. The molecule has 0 radical (unpaired) electrons. The topological polar surface area (TPSA) is 62.3 Å². The molecule has 3 rings (SSSR count). The lowest BCUT2D eigenvalue weighted by atomic mass is 9.98. The van der Waals surface area contributed by atoms with Crippen molar-refractivity contribution in [2.75, 3.05) is 18.4 Å². The highest BCUT2D eigenvalue weighted by Gasteiger charge is 2.22. The van der Waals surface area contributed by atoms with Crippen LogP contribution in [0.1, 0.15) is 53.0 Å². The van der Waals surface area contributed by atoms with Crippen molar-refractivity contribution in [2.24, 2.45) is 5.92 Å². The summed E-state index contributed by atoms with van der Waals surface area (Å²) in [4.78, 5) is 31.3. The quantitative estimate of drug-likeness (QED) is 0.912. The summed E-state index contributed by atoms with van der Waals surface area (Å²) >= 11 is 0. The van der Waals surface area contributed by atoms with Crippen LogP contribution in [0.5, 0.6) is 0 Å². The molecule has 0 atom stereocenters. The number of aryl methyl sites for hydroxylation is 1. The van der Waals surface area contributed by atoms with E-state index in [1.54, 1.807) is 6.07 Å². The van der Waals surface area contributed by atoms with Crippen LogP contribution in [-0.4, -0.2) is 34.8 Å². The average molecular weight is 351 g/mol. The van der Waals surface area contributed by atoms with Crippen molar-refractivity contribution in [2.45, 2.75) is 33.1 Å². The first-order valence-corrected chi connectivity index (χ1v) is 9.22. The predicted octanol–water partition coefficient (Wildman–Crippen LogP) is 3.77. The molecule has 2 aromatic rings. The maximum absolute atomic E-state index is 12.7. The third-order valence-corrected chi connectivity index (χ3v) is 4.96. The van der Waals surface area contributed by atoms with Gasteiger partial charge >= 0.3 is 0 Å². The Morgan fingerprint density at radius 2 is 1.85 bits per heavy atom. The van der Waals surface area contributed by atoms with Crippen molar-refractivity contribution >= 4 is 17.5 Å². The standard InChI is InChI=1S/C21H25N3O2/c1-3-16-6-4-5-7-19(16)23-20(25)17-12-18(14-22-13-17)21(26)24-10-8-15(2)9-11-24/h4-7,12-15H,3,8-11H2,1-2H3,(H,23,25). The van der Waals surface area contributed by atoms with Crippen LogP contribution in [0.4, 0.5) is 5.69 Å². The van der Waals surface area contributed by atoms with Crippen molar-refractivity contribution in [1.29, 1.82) is 0 Å². The molecule has 1 N–H and O–H groups in total. The van der Waals surface area contributed by atoms with Crippen LogP contribution >= 0.6 is 0 Å². The monoisotopic (exact) mass is 351 g/mol. The fourth-order valence-corrected chi connectivity index (χ4v) is 3.22. The second-order valence-electron chi connectivity index (χ2n) is 6.90. The molecule has 2 heterocycles. The number of nitrogens with zero attached hydrogens (tertiary/aromatic N) is 2. The fourth-order valence-electron chi connectivity index (χ4n) is 3.22. The Morgan fingerprint density at radius 1 is 1.15 bits per heavy atom. The van der Waals surface area contributed by atoms with Crippen LogP contribution in [0, 0.1) is 5.92 Å². The number of nitrogens with one attached hydrogen (secondary N) is 1. The van der Waals surface area contributed by atoms with Gasteiger partial charge in [-0.3, -0.25) is 14.6 Å². The van der Waals surface area contributed by atoms with Crippen molar-refractivity contribution in [3.05, 3.63) is 59.4 Å². The number of rotatable bonds is 4. The minimum absolute atomic E-state index is 0.0481. The van der Waals surface area contributed by atoms with Crippen molar-refractivity contribution in [1.82, 2.24) is 9.88 Å². The number of likely N-dealkylation sites (tertiary alicyclic amines) is 1. The van der Waals surface area contributed by atoms with E-state index in [4.69, 9.17) is 0 Å². The first kappa shape index (κ1) is 18.1. The van der Waals surface area contributed by atoms with Gasteiger partial charge in [-0.25, -0.2) is 0 Å². The molecule has 0 bridgehead atoms. The molecule has 2 amide bonds. The van der Waals surface area contributed by atoms with Crippen molar-refractivity contribution in [3.63, 3.8) is 0 Å². The molecular weight excluding hydrogens is 326 g/mol. The number of aromatic nitrogens is 1. The van der Waals surface area contributed by atoms with Gasteiger partial charge in [-0.1, -0.05) is 32.0 Å². The van der Waals surface area contributed by atoms with E-state index in [9.17, 15) is 9.59 Å². The van der Waals surface area contributed by atoms with Crippen LogP contribution in [0.15, 0.2) is 42.7 Å². The number of carbonyl (C=O) groups is 2. The van der Waals surface area contributed by atoms with Gasteiger partial charge in [-0.2, -0.15) is 0 Å². The minimum atomic E-state index is -0.250. The minimum Gasteiger partial charge on any atom is -0.339 e. The molecule has 136 valence electrons. The van der Waals surface area contributed by atoms with E-state index in [0.717, 1.165) is 43.6 Å². The van der Waals surface area contributed by atoms with E-state index >= 15 is 0 Å². The van der Waals surface area contributed by atoms with Gasteiger partial charge in [0.1, 0.15) is 0 Å². The molecule has 1 saturated heterocycles. The van der Waals surface area contributed by atoms with Crippen LogP contribution in [0.3, 0.4) is 0 Å². The Hall–Kier alpha value is -2.69. The first-order valence-electron chi connectivity index (χ1n) is 9.22. The van der Waals surface area contributed by atoms with Crippen LogP contribution in [-0.2, 0) is 6.42 Å². The third kappa shape index (κ3) is 4.10. The highest BCUT2D eigenvalue weighted by atomic mass is 16.2. The molecule has 0 aliphatic carbocycles. The molecule has 5 nitrogen and oxygen atoms in total. The van der Waals surface area contributed by atoms with E-state index in [2.05, 4.69) is 17.2 Å². The second kappa shape index (κ2) is 8.13. The molecule has 26 heavy (non-hydrogen) atoms. The Bertz CT molecular complexity index is 795. The Balaban J connectivity index is 1.74. The molecular formula is C21H25N3O2. The molecule has 0 spiro atoms. The summed E-state index contributed by atoms with van der Waals surface area (Å²) < 4.78 is 0. The summed E-state index contributed by atoms with van der Waals surface area (Å²) in [5, 5.41) is 2.93. The molecule has 5 heteroatoms. The smallest absolute Gasteiger partial charge is 0.257 e. The summed E-state index contributed by atoms with van der Waals surface area (Å²) in [5.74, 6) is 0.362. The first-order chi connectivity index (χ1) is 12.6. The van der Waals surface area contributed by atoms with Gasteiger partial charge in [-0.15, -0.1) is 0 Å². The predicted molar refractivity (Wildman–Crippen MR) is 102 cm³/mol. The highest BCUT2D eigenvalue weighted by Crippen LogP contribution is 2.19. The van der Waals surface area contributed by atoms with Gasteiger partial charge in [0.2, 0.25) is 0 Å². The van der Waals surface area contributed by atoms with Crippen molar-refractivity contribution < 1.29 is 9.59 Å². The zero-order chi connectivity index (χ0) is 18.5. The molecule has 1 aromatic heterocycles. The zero-order valence-corrected chi connectivity index (χ0v) is 15.4. The average Bonchev–Trinajstić information content (AvgIpc) is 2.68. The van der Waals surface area contributed by atoms with E-state index in [-0.39, 0.29) is 11.8 Å². The Labute approximate surface area is 154 Å². The van der Waals surface area contributed by atoms with Crippen molar-refractivity contribution in [3.8, 4) is 0 Å². The van der Waals surface area contributed by atoms with Gasteiger partial charge in [0, 0.05) is 31.2 Å². The lowest BCUT2D eigenvalue weighted by molar-refractivity contribution is 0.0697. The summed E-state index contributed by atoms with van der Waals surface area (Å²) in [6.45, 7) is 5.79. The van der Waals surface area contributed by atoms with Crippen LogP contribution in [0.25, 0.3) is 0 Å². The SMILES string of the molecule is CCc1ccccc1NC(=O)c1cncc(C(=O)N2CCC(C)CC2)c1. The summed E-state index contributed by atoms with van der Waals surface area (Å²) in [6.07, 6.45) is 5.91. The molecule has 1 aliphatic rings. The zero-order valence-electron chi connectivity index (χ0n) is 15.4. The lowest BCUT2D eigenvalue weighted by Crippen LogP contribution is -2.38. The summed E-state index contributed by atoms with van der Waals surface area (Å²) in [7, 11) is 0. The number of piperidine rings is 1. The van der Waals surface area contributed by atoms with Gasteiger partial charge in [-0.05, 0) is 42.9 Å². The second-order valence-corrected chi connectivity index (χ2v) is 6.90. The normalized spacial score (nSPS) is 14.9. The number of benzene rings is 1. The highest BCUT2D eigenvalue weighted by molar-refractivity contribution is 6.06. The Morgan fingerprint density at radius 3 is 2.58 bits per heavy atom. The van der Waals surface area contributed by atoms with E-state index in [0.29, 0.717) is 17.0 Å². The number of hydrogen-bond donors (Lipinski definition) is 1. The van der Waals surface area contributed by atoms with Gasteiger partial charge in [0.25, 0.3) is 11.8 Å². The fraction of sp³-hybridized carbons (Fsp3) is 0.381. The number of amides is 2. The molecule has 1 aromatic carbocycles. The van der Waals surface area contributed by atoms with Gasteiger partial charge in [0.15, 0.2) is 0 Å². The number of hydrogen-bond acceptors (Lipinski definition) is 3. The Kier molecular flexibility index (Phi) is 5.66. The summed E-state index contributed by atoms with van der Waals surface area (Å²) in [5.41, 5.74) is 2.73.